The molecule has 0 saturated heterocycles. The minimum Gasteiger partial charge on any atom is -0.481 e. The molecule has 1 unspecified atom stereocenters. The van der Waals surface area contributed by atoms with Crippen LogP contribution in [0, 0.1) is 5.82 Å². The third-order valence-corrected chi connectivity index (χ3v) is 3.81. The van der Waals surface area contributed by atoms with Gasteiger partial charge in [0.1, 0.15) is 11.6 Å². The van der Waals surface area contributed by atoms with Crippen molar-refractivity contribution in [3.8, 4) is 5.75 Å². The van der Waals surface area contributed by atoms with Gasteiger partial charge in [-0.05, 0) is 43.3 Å². The average molecular weight is 371 g/mol. The Labute approximate surface area is 147 Å². The van der Waals surface area contributed by atoms with Gasteiger partial charge in [-0.25, -0.2) is 4.39 Å². The first-order chi connectivity index (χ1) is 11.4. The minimum absolute atomic E-state index is 0.0847. The molecule has 0 aliphatic rings. The van der Waals surface area contributed by atoms with Gasteiger partial charge in [0.2, 0.25) is 0 Å². The summed E-state index contributed by atoms with van der Waals surface area (Å²) in [5.41, 5.74) is 4.56. The van der Waals surface area contributed by atoms with Crippen LogP contribution in [0.25, 0.3) is 0 Å². The third kappa shape index (κ3) is 4.59. The zero-order valence-electron chi connectivity index (χ0n) is 12.5. The van der Waals surface area contributed by atoms with Crippen LogP contribution in [-0.2, 0) is 4.79 Å². The zero-order chi connectivity index (χ0) is 17.7. The number of carbonyl (C=O) groups excluding carboxylic acids is 2. The van der Waals surface area contributed by atoms with Crippen LogP contribution in [0.5, 0.6) is 5.75 Å². The molecule has 2 N–H and O–H groups in total. The molecule has 0 heterocycles. The van der Waals surface area contributed by atoms with E-state index in [-0.39, 0.29) is 15.6 Å². The fraction of sp³-hybridized carbons (Fsp3) is 0.125. The van der Waals surface area contributed by atoms with Crippen molar-refractivity contribution >= 4 is 35.0 Å². The van der Waals surface area contributed by atoms with Crippen LogP contribution in [0.4, 0.5) is 4.39 Å². The van der Waals surface area contributed by atoms with Crippen molar-refractivity contribution in [3.05, 3.63) is 63.9 Å². The average Bonchev–Trinajstić information content (AvgIpc) is 2.56. The van der Waals surface area contributed by atoms with Crippen LogP contribution >= 0.6 is 23.2 Å². The van der Waals surface area contributed by atoms with Gasteiger partial charge < -0.3 is 4.74 Å². The van der Waals surface area contributed by atoms with E-state index < -0.39 is 23.7 Å². The summed E-state index contributed by atoms with van der Waals surface area (Å²) < 4.78 is 18.1. The molecular formula is C16H13Cl2FN2O3. The first-order valence-electron chi connectivity index (χ1n) is 6.85. The number of carbonyl (C=O) groups is 2. The fourth-order valence-electron chi connectivity index (χ4n) is 1.74. The Morgan fingerprint density at radius 1 is 1.08 bits per heavy atom. The first kappa shape index (κ1) is 18.0. The highest BCUT2D eigenvalue weighted by Gasteiger charge is 2.17. The van der Waals surface area contributed by atoms with Gasteiger partial charge >= 0.3 is 0 Å². The van der Waals surface area contributed by atoms with E-state index in [2.05, 4.69) is 10.9 Å². The van der Waals surface area contributed by atoms with Gasteiger partial charge in [-0.2, -0.15) is 0 Å². The number of rotatable bonds is 4. The Kier molecular flexibility index (Phi) is 6.00. The standard InChI is InChI=1S/C16H13Cl2FN2O3/c1-9(24-11-7-5-10(19)6-8-11)15(22)20-21-16(23)12-3-2-4-13(17)14(12)18/h2-9H,1H3,(H,20,22)(H,21,23). The summed E-state index contributed by atoms with van der Waals surface area (Å²) in [6.45, 7) is 1.48. The molecule has 2 rings (SSSR count). The fourth-order valence-corrected chi connectivity index (χ4v) is 2.12. The summed E-state index contributed by atoms with van der Waals surface area (Å²) >= 11 is 11.8. The summed E-state index contributed by atoms with van der Waals surface area (Å²) in [6, 6.07) is 9.77. The molecule has 2 amide bonds. The van der Waals surface area contributed by atoms with Crippen LogP contribution in [0.3, 0.4) is 0 Å². The van der Waals surface area contributed by atoms with Crippen LogP contribution in [0.15, 0.2) is 42.5 Å². The second-order valence-electron chi connectivity index (χ2n) is 4.76. The zero-order valence-corrected chi connectivity index (χ0v) is 14.0. The molecule has 2 aromatic carbocycles. The van der Waals surface area contributed by atoms with Crippen molar-refractivity contribution in [2.45, 2.75) is 13.0 Å². The number of hydrogen-bond acceptors (Lipinski definition) is 3. The molecule has 0 saturated carbocycles. The molecule has 0 bridgehead atoms. The molecular weight excluding hydrogens is 358 g/mol. The van der Waals surface area contributed by atoms with Crippen LogP contribution < -0.4 is 15.6 Å². The van der Waals surface area contributed by atoms with Crippen molar-refractivity contribution in [2.75, 3.05) is 0 Å². The number of amides is 2. The topological polar surface area (TPSA) is 67.4 Å². The molecule has 2 aromatic rings. The van der Waals surface area contributed by atoms with Crippen LogP contribution in [0.1, 0.15) is 17.3 Å². The van der Waals surface area contributed by atoms with Gasteiger partial charge in [0, 0.05) is 0 Å². The Hall–Kier alpha value is -2.31. The minimum atomic E-state index is -0.911. The van der Waals surface area contributed by atoms with Gasteiger partial charge in [0.25, 0.3) is 11.8 Å². The molecule has 0 aliphatic heterocycles. The van der Waals surface area contributed by atoms with Gasteiger partial charge in [-0.1, -0.05) is 29.3 Å². The second-order valence-corrected chi connectivity index (χ2v) is 5.54. The highest BCUT2D eigenvalue weighted by atomic mass is 35.5. The van der Waals surface area contributed by atoms with Gasteiger partial charge in [0.15, 0.2) is 6.10 Å². The van der Waals surface area contributed by atoms with Crippen molar-refractivity contribution in [3.63, 3.8) is 0 Å². The molecule has 0 radical (unpaired) electrons. The summed E-state index contributed by atoms with van der Waals surface area (Å²) in [7, 11) is 0. The lowest BCUT2D eigenvalue weighted by Crippen LogP contribution is -2.47. The smallest absolute Gasteiger partial charge is 0.279 e. The lowest BCUT2D eigenvalue weighted by molar-refractivity contribution is -0.128. The summed E-state index contributed by atoms with van der Waals surface area (Å²) in [5, 5.41) is 0.310. The monoisotopic (exact) mass is 370 g/mol. The Bertz CT molecular complexity index is 753. The second kappa shape index (κ2) is 7.99. The van der Waals surface area contributed by atoms with E-state index in [1.807, 2.05) is 0 Å². The number of benzene rings is 2. The van der Waals surface area contributed by atoms with Crippen molar-refractivity contribution < 1.29 is 18.7 Å². The molecule has 0 spiro atoms. The highest BCUT2D eigenvalue weighted by molar-refractivity contribution is 6.43. The largest absolute Gasteiger partial charge is 0.481 e. The van der Waals surface area contributed by atoms with E-state index in [9.17, 15) is 14.0 Å². The number of nitrogens with one attached hydrogen (secondary N) is 2. The first-order valence-corrected chi connectivity index (χ1v) is 7.60. The van der Waals surface area contributed by atoms with Crippen molar-refractivity contribution in [1.29, 1.82) is 0 Å². The van der Waals surface area contributed by atoms with Crippen molar-refractivity contribution in [2.24, 2.45) is 0 Å². The van der Waals surface area contributed by atoms with Crippen LogP contribution in [0.2, 0.25) is 10.0 Å². The van der Waals surface area contributed by atoms with E-state index in [1.54, 1.807) is 6.07 Å². The molecule has 24 heavy (non-hydrogen) atoms. The van der Waals surface area contributed by atoms with Gasteiger partial charge in [0.05, 0.1) is 15.6 Å². The molecule has 0 aromatic heterocycles. The van der Waals surface area contributed by atoms with E-state index in [4.69, 9.17) is 27.9 Å². The maximum Gasteiger partial charge on any atom is 0.279 e. The van der Waals surface area contributed by atoms with Crippen molar-refractivity contribution in [1.82, 2.24) is 10.9 Å². The predicted molar refractivity (Wildman–Crippen MR) is 88.6 cm³/mol. The van der Waals surface area contributed by atoms with E-state index in [0.29, 0.717) is 5.75 Å². The van der Waals surface area contributed by atoms with E-state index in [1.165, 1.54) is 43.3 Å². The SMILES string of the molecule is CC(Oc1ccc(F)cc1)C(=O)NNC(=O)c1cccc(Cl)c1Cl. The summed E-state index contributed by atoms with van der Waals surface area (Å²) in [6.07, 6.45) is -0.911. The Balaban J connectivity index is 1.91. The maximum atomic E-state index is 12.8. The van der Waals surface area contributed by atoms with E-state index >= 15 is 0 Å². The molecule has 8 heteroatoms. The maximum absolute atomic E-state index is 12.8. The third-order valence-electron chi connectivity index (χ3n) is 2.99. The Morgan fingerprint density at radius 2 is 1.75 bits per heavy atom. The predicted octanol–water partition coefficient (Wildman–Crippen LogP) is 3.36. The van der Waals surface area contributed by atoms with E-state index in [0.717, 1.165) is 0 Å². The normalized spacial score (nSPS) is 11.5. The quantitative estimate of drug-likeness (QED) is 0.810. The highest BCUT2D eigenvalue weighted by Crippen LogP contribution is 2.25. The molecule has 126 valence electrons. The lowest BCUT2D eigenvalue weighted by Gasteiger charge is -2.15. The molecule has 1 atom stereocenters. The molecule has 5 nitrogen and oxygen atoms in total. The Morgan fingerprint density at radius 3 is 2.42 bits per heavy atom. The molecule has 0 fully saturated rings. The number of halogens is 3. The summed E-state index contributed by atoms with van der Waals surface area (Å²) in [4.78, 5) is 23.9. The van der Waals surface area contributed by atoms with Gasteiger partial charge in [-0.3, -0.25) is 20.4 Å². The lowest BCUT2D eigenvalue weighted by atomic mass is 10.2. The number of hydrazine groups is 1. The number of hydrogen-bond donors (Lipinski definition) is 2. The van der Waals surface area contributed by atoms with Crippen LogP contribution in [-0.4, -0.2) is 17.9 Å². The summed E-state index contributed by atoms with van der Waals surface area (Å²) in [5.74, 6) is -1.30. The molecule has 0 aliphatic carbocycles. The van der Waals surface area contributed by atoms with Gasteiger partial charge in [-0.15, -0.1) is 0 Å². The number of ether oxygens (including phenoxy) is 1.